The summed E-state index contributed by atoms with van der Waals surface area (Å²) in [5.74, 6) is -0.913. The van der Waals surface area contributed by atoms with E-state index in [-0.39, 0.29) is 12.2 Å². The van der Waals surface area contributed by atoms with Gasteiger partial charge in [-0.25, -0.2) is 4.98 Å². The first-order valence-corrected chi connectivity index (χ1v) is 5.14. The molecular weight excluding hydrogens is 220 g/mol. The van der Waals surface area contributed by atoms with Gasteiger partial charge in [0, 0.05) is 5.39 Å². The van der Waals surface area contributed by atoms with Gasteiger partial charge in [0.1, 0.15) is 11.3 Å². The molecule has 1 aromatic heterocycles. The first kappa shape index (κ1) is 11.3. The van der Waals surface area contributed by atoms with E-state index in [9.17, 15) is 9.90 Å². The van der Waals surface area contributed by atoms with Crippen LogP contribution in [0.25, 0.3) is 10.9 Å². The van der Waals surface area contributed by atoms with Crippen LogP contribution in [-0.2, 0) is 4.79 Å². The van der Waals surface area contributed by atoms with Crippen molar-refractivity contribution in [1.82, 2.24) is 4.98 Å². The molecule has 0 bridgehead atoms. The molecule has 1 heterocycles. The highest BCUT2D eigenvalue weighted by Gasteiger charge is 2.13. The standard InChI is InChI=1S/C12H12N2O3/c13-8(6-11(16)17)9-5-4-7-2-1-3-10(15)12(7)14-9/h1-5,8,15H,6,13H2,(H,16,17). The number of phenolic OH excluding ortho intramolecular Hbond substituents is 1. The highest BCUT2D eigenvalue weighted by molar-refractivity contribution is 5.84. The van der Waals surface area contributed by atoms with E-state index in [1.807, 2.05) is 6.07 Å². The summed E-state index contributed by atoms with van der Waals surface area (Å²) in [5.41, 5.74) is 6.61. The lowest BCUT2D eigenvalue weighted by Crippen LogP contribution is -2.16. The number of aromatic nitrogens is 1. The summed E-state index contributed by atoms with van der Waals surface area (Å²) in [6, 6.07) is 7.83. The first-order chi connectivity index (χ1) is 8.08. The second-order valence-corrected chi connectivity index (χ2v) is 3.79. The molecule has 0 fully saturated rings. The summed E-state index contributed by atoms with van der Waals surface area (Å²) in [5, 5.41) is 19.1. The Hall–Kier alpha value is -2.14. The van der Waals surface area contributed by atoms with Gasteiger partial charge in [0.2, 0.25) is 0 Å². The lowest BCUT2D eigenvalue weighted by atomic mass is 10.1. The quantitative estimate of drug-likeness (QED) is 0.743. The van der Waals surface area contributed by atoms with Crippen LogP contribution in [0.4, 0.5) is 0 Å². The SMILES string of the molecule is NC(CC(=O)O)c1ccc2cccc(O)c2n1. The zero-order valence-corrected chi connectivity index (χ0v) is 9.00. The molecule has 1 aromatic carbocycles. The van der Waals surface area contributed by atoms with Crippen LogP contribution in [0.1, 0.15) is 18.2 Å². The fraction of sp³-hybridized carbons (Fsp3) is 0.167. The van der Waals surface area contributed by atoms with E-state index < -0.39 is 12.0 Å². The minimum atomic E-state index is -0.975. The maximum absolute atomic E-state index is 10.6. The smallest absolute Gasteiger partial charge is 0.305 e. The highest BCUT2D eigenvalue weighted by Crippen LogP contribution is 2.24. The number of aromatic hydroxyl groups is 1. The number of nitrogens with two attached hydrogens (primary N) is 1. The third kappa shape index (κ3) is 2.34. The third-order valence-electron chi connectivity index (χ3n) is 2.49. The molecule has 1 atom stereocenters. The van der Waals surface area contributed by atoms with Crippen molar-refractivity contribution in [3.8, 4) is 5.75 Å². The summed E-state index contributed by atoms with van der Waals surface area (Å²) >= 11 is 0. The molecule has 2 rings (SSSR count). The molecule has 5 heteroatoms. The summed E-state index contributed by atoms with van der Waals surface area (Å²) < 4.78 is 0. The number of carboxylic acid groups (broad SMARTS) is 1. The Morgan fingerprint density at radius 2 is 2.12 bits per heavy atom. The number of phenols is 1. The molecule has 0 aliphatic carbocycles. The Morgan fingerprint density at radius 1 is 1.35 bits per heavy atom. The number of rotatable bonds is 3. The number of nitrogens with zero attached hydrogens (tertiary/aromatic N) is 1. The average molecular weight is 232 g/mol. The fourth-order valence-electron chi connectivity index (χ4n) is 1.65. The normalized spacial score (nSPS) is 12.5. The number of fused-ring (bicyclic) bond motifs is 1. The number of hydrogen-bond donors (Lipinski definition) is 3. The van der Waals surface area contributed by atoms with E-state index in [1.54, 1.807) is 18.2 Å². The van der Waals surface area contributed by atoms with Crippen LogP contribution in [0.15, 0.2) is 30.3 Å². The number of carboxylic acids is 1. The van der Waals surface area contributed by atoms with Crippen molar-refractivity contribution in [3.05, 3.63) is 36.0 Å². The van der Waals surface area contributed by atoms with E-state index in [0.717, 1.165) is 5.39 Å². The van der Waals surface area contributed by atoms with E-state index in [4.69, 9.17) is 10.8 Å². The van der Waals surface area contributed by atoms with Crippen molar-refractivity contribution in [2.45, 2.75) is 12.5 Å². The van der Waals surface area contributed by atoms with Crippen LogP contribution in [0.3, 0.4) is 0 Å². The lowest BCUT2D eigenvalue weighted by Gasteiger charge is -2.09. The van der Waals surface area contributed by atoms with Crippen molar-refractivity contribution in [3.63, 3.8) is 0 Å². The summed E-state index contributed by atoms with van der Waals surface area (Å²) in [7, 11) is 0. The molecule has 0 aliphatic heterocycles. The number of hydrogen-bond acceptors (Lipinski definition) is 4. The van der Waals surface area contributed by atoms with E-state index in [0.29, 0.717) is 11.2 Å². The molecule has 0 amide bonds. The number of aliphatic carboxylic acids is 1. The molecule has 4 N–H and O–H groups in total. The van der Waals surface area contributed by atoms with Crippen LogP contribution in [0.2, 0.25) is 0 Å². The molecule has 88 valence electrons. The number of benzene rings is 1. The first-order valence-electron chi connectivity index (χ1n) is 5.14. The number of pyridine rings is 1. The maximum atomic E-state index is 10.6. The molecule has 1 unspecified atom stereocenters. The minimum absolute atomic E-state index is 0.0619. The van der Waals surface area contributed by atoms with Crippen molar-refractivity contribution < 1.29 is 15.0 Å². The molecule has 17 heavy (non-hydrogen) atoms. The third-order valence-corrected chi connectivity index (χ3v) is 2.49. The van der Waals surface area contributed by atoms with Gasteiger partial charge < -0.3 is 15.9 Å². The zero-order chi connectivity index (χ0) is 12.4. The molecule has 0 saturated carbocycles. The number of carbonyl (C=O) groups is 1. The number of para-hydroxylation sites is 1. The van der Waals surface area contributed by atoms with Crippen molar-refractivity contribution >= 4 is 16.9 Å². The Morgan fingerprint density at radius 3 is 2.82 bits per heavy atom. The minimum Gasteiger partial charge on any atom is -0.506 e. The summed E-state index contributed by atoms with van der Waals surface area (Å²) in [6.45, 7) is 0. The molecule has 0 spiro atoms. The van der Waals surface area contributed by atoms with Gasteiger partial charge in [-0.15, -0.1) is 0 Å². The van der Waals surface area contributed by atoms with Crippen molar-refractivity contribution in [2.24, 2.45) is 5.73 Å². The Bertz CT molecular complexity index is 569. The van der Waals surface area contributed by atoms with E-state index in [2.05, 4.69) is 4.98 Å². The molecule has 2 aromatic rings. The van der Waals surface area contributed by atoms with E-state index in [1.165, 1.54) is 6.07 Å². The van der Waals surface area contributed by atoms with Crippen molar-refractivity contribution in [1.29, 1.82) is 0 Å². The van der Waals surface area contributed by atoms with Gasteiger partial charge in [-0.05, 0) is 12.1 Å². The highest BCUT2D eigenvalue weighted by atomic mass is 16.4. The van der Waals surface area contributed by atoms with Gasteiger partial charge in [-0.3, -0.25) is 4.79 Å². The van der Waals surface area contributed by atoms with Crippen LogP contribution in [0.5, 0.6) is 5.75 Å². The predicted octanol–water partition coefficient (Wildman–Crippen LogP) is 1.41. The molecule has 5 nitrogen and oxygen atoms in total. The van der Waals surface area contributed by atoms with Crippen LogP contribution in [-0.4, -0.2) is 21.2 Å². The Kier molecular flexibility index (Phi) is 2.93. The monoisotopic (exact) mass is 232 g/mol. The Balaban J connectivity index is 2.43. The molecule has 0 saturated heterocycles. The van der Waals surface area contributed by atoms with Crippen LogP contribution >= 0.6 is 0 Å². The van der Waals surface area contributed by atoms with E-state index >= 15 is 0 Å². The molecular formula is C12H12N2O3. The lowest BCUT2D eigenvalue weighted by molar-refractivity contribution is -0.137. The van der Waals surface area contributed by atoms with Crippen molar-refractivity contribution in [2.75, 3.05) is 0 Å². The second kappa shape index (κ2) is 4.39. The largest absolute Gasteiger partial charge is 0.506 e. The molecule has 0 aliphatic rings. The zero-order valence-electron chi connectivity index (χ0n) is 9.00. The van der Waals surface area contributed by atoms with Gasteiger partial charge in [-0.2, -0.15) is 0 Å². The van der Waals surface area contributed by atoms with Gasteiger partial charge >= 0.3 is 5.97 Å². The topological polar surface area (TPSA) is 96.4 Å². The van der Waals surface area contributed by atoms with Crippen LogP contribution in [0, 0.1) is 0 Å². The summed E-state index contributed by atoms with van der Waals surface area (Å²) in [4.78, 5) is 14.7. The van der Waals surface area contributed by atoms with Crippen LogP contribution < -0.4 is 5.73 Å². The summed E-state index contributed by atoms with van der Waals surface area (Å²) in [6.07, 6.45) is -0.188. The average Bonchev–Trinajstić information content (AvgIpc) is 2.28. The fourth-order valence-corrected chi connectivity index (χ4v) is 1.65. The maximum Gasteiger partial charge on any atom is 0.305 e. The predicted molar refractivity (Wildman–Crippen MR) is 62.6 cm³/mol. The van der Waals surface area contributed by atoms with Gasteiger partial charge in [0.05, 0.1) is 18.2 Å². The molecule has 0 radical (unpaired) electrons. The second-order valence-electron chi connectivity index (χ2n) is 3.79. The Labute approximate surface area is 97.5 Å². The van der Waals surface area contributed by atoms with Gasteiger partial charge in [0.15, 0.2) is 0 Å². The van der Waals surface area contributed by atoms with Gasteiger partial charge in [-0.1, -0.05) is 18.2 Å². The van der Waals surface area contributed by atoms with Gasteiger partial charge in [0.25, 0.3) is 0 Å².